The normalized spacial score (nSPS) is 14.3. The first-order valence-electron chi connectivity index (χ1n) is 4.40. The molecule has 1 unspecified atom stereocenters. The maximum absolute atomic E-state index is 11.7. The van der Waals surface area contributed by atoms with Crippen LogP contribution in [0.2, 0.25) is 0 Å². The van der Waals surface area contributed by atoms with Crippen LogP contribution in [0.5, 0.6) is 0 Å². The summed E-state index contributed by atoms with van der Waals surface area (Å²) in [5.74, 6) is 0. The Balaban J connectivity index is 3.03. The van der Waals surface area contributed by atoms with Crippen molar-refractivity contribution in [2.75, 3.05) is 0 Å². The van der Waals surface area contributed by atoms with Gasteiger partial charge >= 0.3 is 0 Å². The van der Waals surface area contributed by atoms with Gasteiger partial charge in [0.05, 0.1) is 5.25 Å². The molecular weight excluding hydrogens is 198 g/mol. The highest BCUT2D eigenvalue weighted by atomic mass is 32.2. The van der Waals surface area contributed by atoms with Crippen LogP contribution < -0.4 is 5.73 Å². The molecule has 0 spiro atoms. The van der Waals surface area contributed by atoms with Gasteiger partial charge in [0.2, 0.25) is 0 Å². The van der Waals surface area contributed by atoms with Crippen LogP contribution in [-0.4, -0.2) is 13.7 Å². The van der Waals surface area contributed by atoms with E-state index in [1.807, 2.05) is 0 Å². The molecule has 0 fully saturated rings. The molecule has 0 aromatic heterocycles. The van der Waals surface area contributed by atoms with Crippen molar-refractivity contribution < 1.29 is 8.42 Å². The largest absolute Gasteiger partial charge is 0.311 e. The summed E-state index contributed by atoms with van der Waals surface area (Å²) in [6.07, 6.45) is 0. The van der Waals surface area contributed by atoms with Crippen molar-refractivity contribution in [3.63, 3.8) is 0 Å². The van der Waals surface area contributed by atoms with Crippen LogP contribution in [0.1, 0.15) is 24.8 Å². The molecule has 0 aliphatic heterocycles. The van der Waals surface area contributed by atoms with Crippen molar-refractivity contribution in [2.24, 2.45) is 5.73 Å². The molecule has 1 radical (unpaired) electrons. The molecule has 1 aromatic rings. The molecule has 0 bridgehead atoms. The van der Waals surface area contributed by atoms with Gasteiger partial charge in [0, 0.05) is 0 Å². The molecule has 0 heterocycles. The Hall–Kier alpha value is -0.870. The van der Waals surface area contributed by atoms with Crippen molar-refractivity contribution in [1.29, 1.82) is 0 Å². The second kappa shape index (κ2) is 4.11. The third kappa shape index (κ3) is 2.13. The van der Waals surface area contributed by atoms with Crippen LogP contribution in [0.15, 0.2) is 24.3 Å². The van der Waals surface area contributed by atoms with E-state index in [2.05, 4.69) is 6.07 Å². The molecule has 1 rings (SSSR count). The Morgan fingerprint density at radius 3 is 2.21 bits per heavy atom. The predicted molar refractivity (Wildman–Crippen MR) is 56.3 cm³/mol. The van der Waals surface area contributed by atoms with E-state index in [0.29, 0.717) is 5.56 Å². The smallest absolute Gasteiger partial charge is 0.172 e. The minimum atomic E-state index is -3.27. The van der Waals surface area contributed by atoms with Gasteiger partial charge in [-0.05, 0) is 25.5 Å². The fourth-order valence-corrected chi connectivity index (χ4v) is 2.20. The van der Waals surface area contributed by atoms with Crippen LogP contribution in [0, 0.1) is 6.07 Å². The summed E-state index contributed by atoms with van der Waals surface area (Å²) in [5, 5.41) is -1.39. The summed E-state index contributed by atoms with van der Waals surface area (Å²) in [6.45, 7) is 3.26. The zero-order valence-electron chi connectivity index (χ0n) is 8.27. The number of hydrogen-bond acceptors (Lipinski definition) is 3. The highest BCUT2D eigenvalue weighted by molar-refractivity contribution is 7.92. The SMILES string of the molecule is CC(C)S(=O)(=O)C(N)c1cc[c]cc1. The summed E-state index contributed by atoms with van der Waals surface area (Å²) in [6, 6.07) is 9.48. The predicted octanol–water partition coefficient (Wildman–Crippen LogP) is 1.27. The summed E-state index contributed by atoms with van der Waals surface area (Å²) < 4.78 is 23.4. The van der Waals surface area contributed by atoms with Gasteiger partial charge in [-0.25, -0.2) is 8.42 Å². The first-order valence-corrected chi connectivity index (χ1v) is 6.01. The summed E-state index contributed by atoms with van der Waals surface area (Å²) in [5.41, 5.74) is 6.28. The number of nitrogens with two attached hydrogens (primary N) is 1. The van der Waals surface area contributed by atoms with E-state index in [0.717, 1.165) is 0 Å². The lowest BCUT2D eigenvalue weighted by Gasteiger charge is -2.15. The van der Waals surface area contributed by atoms with Crippen molar-refractivity contribution in [3.05, 3.63) is 35.9 Å². The fraction of sp³-hybridized carbons (Fsp3) is 0.400. The molecular formula is C10H14NO2S. The van der Waals surface area contributed by atoms with Gasteiger partial charge in [-0.15, -0.1) is 0 Å². The second-order valence-corrected chi connectivity index (χ2v) is 6.02. The van der Waals surface area contributed by atoms with Gasteiger partial charge in [-0.2, -0.15) is 0 Å². The van der Waals surface area contributed by atoms with Gasteiger partial charge in [-0.3, -0.25) is 0 Å². The topological polar surface area (TPSA) is 60.2 Å². The molecule has 4 heteroatoms. The molecule has 0 saturated carbocycles. The molecule has 14 heavy (non-hydrogen) atoms. The van der Waals surface area contributed by atoms with E-state index in [4.69, 9.17) is 5.73 Å². The molecule has 0 amide bonds. The Morgan fingerprint density at radius 1 is 1.29 bits per heavy atom. The van der Waals surface area contributed by atoms with Crippen molar-refractivity contribution in [3.8, 4) is 0 Å². The third-order valence-corrected chi connectivity index (χ3v) is 4.38. The molecule has 1 atom stereocenters. The van der Waals surface area contributed by atoms with Crippen LogP contribution in [-0.2, 0) is 9.84 Å². The Labute approximate surface area is 84.9 Å². The van der Waals surface area contributed by atoms with E-state index in [1.54, 1.807) is 38.1 Å². The van der Waals surface area contributed by atoms with Crippen LogP contribution in [0.4, 0.5) is 0 Å². The van der Waals surface area contributed by atoms with Crippen LogP contribution in [0.3, 0.4) is 0 Å². The maximum Gasteiger partial charge on any atom is 0.172 e. The molecule has 2 N–H and O–H groups in total. The first-order chi connectivity index (χ1) is 6.46. The lowest BCUT2D eigenvalue weighted by atomic mass is 10.2. The summed E-state index contributed by atoms with van der Waals surface area (Å²) >= 11 is 0. The van der Waals surface area contributed by atoms with Gasteiger partial charge in [0.1, 0.15) is 5.37 Å². The number of sulfone groups is 1. The zero-order valence-corrected chi connectivity index (χ0v) is 9.08. The number of hydrogen-bond donors (Lipinski definition) is 1. The highest BCUT2D eigenvalue weighted by Gasteiger charge is 2.26. The van der Waals surface area contributed by atoms with Gasteiger partial charge in [0.15, 0.2) is 9.84 Å². The van der Waals surface area contributed by atoms with Gasteiger partial charge in [0.25, 0.3) is 0 Å². The summed E-state index contributed by atoms with van der Waals surface area (Å²) in [7, 11) is -3.27. The molecule has 0 aliphatic rings. The molecule has 3 nitrogen and oxygen atoms in total. The van der Waals surface area contributed by atoms with Crippen LogP contribution in [0.25, 0.3) is 0 Å². The van der Waals surface area contributed by atoms with Crippen molar-refractivity contribution in [2.45, 2.75) is 24.5 Å². The monoisotopic (exact) mass is 212 g/mol. The molecule has 0 saturated heterocycles. The standard InChI is InChI=1S/C10H14NO2S/c1-8(2)14(12,13)10(11)9-6-4-3-5-7-9/h4-8,10H,11H2,1-2H3. The fourth-order valence-electron chi connectivity index (χ4n) is 1.07. The molecule has 0 aliphatic carbocycles. The van der Waals surface area contributed by atoms with Crippen molar-refractivity contribution >= 4 is 9.84 Å². The quantitative estimate of drug-likeness (QED) is 0.820. The van der Waals surface area contributed by atoms with Gasteiger partial charge in [-0.1, -0.05) is 24.3 Å². The van der Waals surface area contributed by atoms with E-state index in [9.17, 15) is 8.42 Å². The maximum atomic E-state index is 11.7. The Morgan fingerprint density at radius 2 is 1.79 bits per heavy atom. The second-order valence-electron chi connectivity index (χ2n) is 3.39. The Kier molecular flexibility index (Phi) is 3.29. The summed E-state index contributed by atoms with van der Waals surface area (Å²) in [4.78, 5) is 0. The first kappa shape index (κ1) is 11.2. The average molecular weight is 212 g/mol. The Bertz CT molecular complexity index is 384. The lowest BCUT2D eigenvalue weighted by Crippen LogP contribution is -2.28. The van der Waals surface area contributed by atoms with Gasteiger partial charge < -0.3 is 5.73 Å². The number of rotatable bonds is 3. The minimum Gasteiger partial charge on any atom is -0.311 e. The third-order valence-electron chi connectivity index (χ3n) is 2.08. The lowest BCUT2D eigenvalue weighted by molar-refractivity contribution is 0.574. The van der Waals surface area contributed by atoms with Crippen molar-refractivity contribution in [1.82, 2.24) is 0 Å². The van der Waals surface area contributed by atoms with E-state index in [1.165, 1.54) is 0 Å². The minimum absolute atomic E-state index is 0.457. The van der Waals surface area contributed by atoms with Crippen LogP contribution >= 0.6 is 0 Å². The molecule has 1 aromatic carbocycles. The zero-order chi connectivity index (χ0) is 10.8. The highest BCUT2D eigenvalue weighted by Crippen LogP contribution is 2.20. The van der Waals surface area contributed by atoms with E-state index < -0.39 is 20.5 Å². The van der Waals surface area contributed by atoms with E-state index in [-0.39, 0.29) is 0 Å². The molecule has 77 valence electrons. The average Bonchev–Trinajstić information content (AvgIpc) is 2.17. The number of benzene rings is 1. The van der Waals surface area contributed by atoms with E-state index >= 15 is 0 Å².